The van der Waals surface area contributed by atoms with Crippen molar-refractivity contribution >= 4 is 0 Å². The number of aryl methyl sites for hydroxylation is 2. The van der Waals surface area contributed by atoms with Crippen molar-refractivity contribution in [3.63, 3.8) is 0 Å². The maximum absolute atomic E-state index is 9.39. The zero-order chi connectivity index (χ0) is 23.0. The van der Waals surface area contributed by atoms with Gasteiger partial charge in [-0.05, 0) is 42.5 Å². The first-order valence-electron chi connectivity index (χ1n) is 10.9. The van der Waals surface area contributed by atoms with E-state index in [1.54, 1.807) is 6.33 Å². The molecule has 0 aliphatic rings. The van der Waals surface area contributed by atoms with Crippen LogP contribution in [0.3, 0.4) is 0 Å². The largest absolute Gasteiger partial charge is 0.393 e. The number of hydrogen-bond donors (Lipinski definition) is 2. The Bertz CT molecular complexity index is 887. The van der Waals surface area contributed by atoms with Gasteiger partial charge < -0.3 is 10.2 Å². The van der Waals surface area contributed by atoms with E-state index in [0.29, 0.717) is 6.42 Å². The fraction of sp³-hybridized carbons (Fsp3) is 0.407. The van der Waals surface area contributed by atoms with Crippen LogP contribution in [0.25, 0.3) is 22.5 Å². The third-order valence-corrected chi connectivity index (χ3v) is 5.24. The van der Waals surface area contributed by atoms with E-state index in [2.05, 4.69) is 54.1 Å². The maximum Gasteiger partial charge on any atom is 0.106 e. The molecule has 2 unspecified atom stereocenters. The van der Waals surface area contributed by atoms with Crippen molar-refractivity contribution in [3.8, 4) is 22.5 Å². The molecule has 2 aromatic carbocycles. The number of aromatic nitrogens is 2. The van der Waals surface area contributed by atoms with Crippen molar-refractivity contribution in [1.29, 1.82) is 0 Å². The Balaban J connectivity index is 0.000000370. The van der Waals surface area contributed by atoms with E-state index in [-0.39, 0.29) is 44.1 Å². The normalized spacial score (nSPS) is 12.6. The number of aliphatic hydroxyl groups is 2. The summed E-state index contributed by atoms with van der Waals surface area (Å²) in [6.07, 6.45) is 1.37. The van der Waals surface area contributed by atoms with Gasteiger partial charge in [0.2, 0.25) is 0 Å². The summed E-state index contributed by atoms with van der Waals surface area (Å²) in [5.41, 5.74) is 6.38. The molecule has 0 bridgehead atoms. The van der Waals surface area contributed by atoms with Crippen molar-refractivity contribution in [1.82, 2.24) is 9.97 Å². The molecule has 175 valence electrons. The molecule has 32 heavy (non-hydrogen) atoms. The molecule has 3 aromatic rings. The smallest absolute Gasteiger partial charge is 0.106 e. The van der Waals surface area contributed by atoms with Crippen LogP contribution in [0.4, 0.5) is 0 Å². The van der Waals surface area contributed by atoms with Crippen LogP contribution in [0.1, 0.15) is 45.2 Å². The van der Waals surface area contributed by atoms with E-state index in [1.165, 1.54) is 11.1 Å². The van der Waals surface area contributed by atoms with Gasteiger partial charge in [0.25, 0.3) is 0 Å². The maximum atomic E-state index is 9.39. The first-order chi connectivity index (χ1) is 14.7. The van der Waals surface area contributed by atoms with Crippen molar-refractivity contribution < 1.29 is 30.3 Å². The molecule has 3 rings (SSSR count). The fourth-order valence-corrected chi connectivity index (χ4v) is 2.99. The van der Waals surface area contributed by atoms with Crippen LogP contribution in [0.15, 0.2) is 54.9 Å². The Morgan fingerprint density at radius 2 is 1.41 bits per heavy atom. The van der Waals surface area contributed by atoms with Crippen LogP contribution in [0.5, 0.6) is 0 Å². The van der Waals surface area contributed by atoms with Crippen molar-refractivity contribution in [2.75, 3.05) is 0 Å². The second-order valence-corrected chi connectivity index (χ2v) is 8.80. The number of nitrogens with zero attached hydrogens (tertiary/aromatic N) is 2. The molecule has 4 nitrogen and oxygen atoms in total. The monoisotopic (exact) mass is 612 g/mol. The van der Waals surface area contributed by atoms with Crippen LogP contribution in [-0.4, -0.2) is 32.4 Å². The number of benzene rings is 2. The molecule has 2 N–H and O–H groups in total. The van der Waals surface area contributed by atoms with E-state index in [1.807, 2.05) is 52.0 Å². The molecule has 0 saturated carbocycles. The molecule has 1 radical (unpaired) electrons. The predicted molar refractivity (Wildman–Crippen MR) is 128 cm³/mol. The molecule has 0 fully saturated rings. The molecular formula is C27H35IrN2O2-. The van der Waals surface area contributed by atoms with E-state index in [0.717, 1.165) is 22.5 Å². The summed E-state index contributed by atoms with van der Waals surface area (Å²) in [6, 6.07) is 19.6. The Morgan fingerprint density at radius 3 is 1.97 bits per heavy atom. The molecule has 1 aromatic heterocycles. The Kier molecular flexibility index (Phi) is 11.9. The predicted octanol–water partition coefficient (Wildman–Crippen LogP) is 5.64. The Hall–Kier alpha value is -1.91. The average molecular weight is 612 g/mol. The van der Waals surface area contributed by atoms with Crippen LogP contribution >= 0.6 is 0 Å². The molecule has 0 aliphatic heterocycles. The van der Waals surface area contributed by atoms with Gasteiger partial charge in [0.1, 0.15) is 6.33 Å². The number of hydrogen-bond acceptors (Lipinski definition) is 4. The summed E-state index contributed by atoms with van der Waals surface area (Å²) in [5, 5.41) is 18.8. The second-order valence-electron chi connectivity index (χ2n) is 8.80. The zero-order valence-corrected chi connectivity index (χ0v) is 22.2. The quantitative estimate of drug-likeness (QED) is 0.355. The average Bonchev–Trinajstić information content (AvgIpc) is 2.74. The summed E-state index contributed by atoms with van der Waals surface area (Å²) < 4.78 is 0. The van der Waals surface area contributed by atoms with Crippen LogP contribution < -0.4 is 0 Å². The molecule has 2 atom stereocenters. The topological polar surface area (TPSA) is 66.2 Å². The minimum atomic E-state index is -0.368. The first-order valence-corrected chi connectivity index (χ1v) is 10.9. The molecule has 1 heterocycles. The van der Waals surface area contributed by atoms with Crippen LogP contribution in [-0.2, 0) is 20.1 Å². The summed E-state index contributed by atoms with van der Waals surface area (Å²) in [7, 11) is 0. The molecular weight excluding hydrogens is 577 g/mol. The summed E-state index contributed by atoms with van der Waals surface area (Å²) >= 11 is 0. The third-order valence-electron chi connectivity index (χ3n) is 5.24. The summed E-state index contributed by atoms with van der Waals surface area (Å²) in [5.74, 6) is 0.479. The molecule has 0 saturated heterocycles. The summed E-state index contributed by atoms with van der Waals surface area (Å²) in [6.45, 7) is 12.0. The number of aliphatic hydroxyl groups excluding tert-OH is 2. The van der Waals surface area contributed by atoms with Gasteiger partial charge in [-0.15, -0.1) is 35.4 Å². The molecule has 0 aliphatic carbocycles. The van der Waals surface area contributed by atoms with Gasteiger partial charge in [0, 0.05) is 20.1 Å². The number of rotatable bonds is 6. The third kappa shape index (κ3) is 8.91. The van der Waals surface area contributed by atoms with Crippen LogP contribution in [0.2, 0.25) is 0 Å². The standard InChI is InChI=1S/C18H15N2.C9H20O2.Ir/c1-13-5-3-7-15(9-13)17-11-18(20-12-19-17)16-8-4-6-14(2)10-16;1-6(2)8(10)5-9(11)7(3)4;/h3-7,9-12H,1-2H3;6-11H,5H2,1-4H3;/q-1;;. The molecule has 0 spiro atoms. The fourth-order valence-electron chi connectivity index (χ4n) is 2.99. The molecule has 5 heteroatoms. The van der Waals surface area contributed by atoms with Crippen LogP contribution in [0, 0.1) is 31.7 Å². The van der Waals surface area contributed by atoms with Gasteiger partial charge in [0.15, 0.2) is 0 Å². The van der Waals surface area contributed by atoms with E-state index < -0.39 is 0 Å². The van der Waals surface area contributed by atoms with E-state index in [4.69, 9.17) is 0 Å². The minimum absolute atomic E-state index is 0. The summed E-state index contributed by atoms with van der Waals surface area (Å²) in [4.78, 5) is 8.73. The SMILES string of the molecule is CC(C)C(O)CC(O)C(C)C.Cc1cc[c-]c(-c2cc(-c3cccc(C)c3)ncn2)c1.[Ir]. The van der Waals surface area contributed by atoms with E-state index in [9.17, 15) is 10.2 Å². The van der Waals surface area contributed by atoms with Gasteiger partial charge in [-0.2, -0.15) is 0 Å². The van der Waals surface area contributed by atoms with Gasteiger partial charge in [-0.25, -0.2) is 4.98 Å². The Morgan fingerprint density at radius 1 is 0.812 bits per heavy atom. The van der Waals surface area contributed by atoms with Gasteiger partial charge in [-0.1, -0.05) is 64.4 Å². The van der Waals surface area contributed by atoms with Crippen molar-refractivity contribution in [3.05, 3.63) is 72.1 Å². The van der Waals surface area contributed by atoms with Crippen molar-refractivity contribution in [2.24, 2.45) is 11.8 Å². The van der Waals surface area contributed by atoms with E-state index >= 15 is 0 Å². The minimum Gasteiger partial charge on any atom is -0.393 e. The van der Waals surface area contributed by atoms with Gasteiger partial charge >= 0.3 is 0 Å². The van der Waals surface area contributed by atoms with Gasteiger partial charge in [-0.3, -0.25) is 4.98 Å². The second kappa shape index (κ2) is 13.6. The van der Waals surface area contributed by atoms with Crippen molar-refractivity contribution in [2.45, 2.75) is 60.2 Å². The zero-order valence-electron chi connectivity index (χ0n) is 19.8. The first kappa shape index (κ1) is 28.1. The molecule has 0 amide bonds. The Labute approximate surface area is 206 Å². The van der Waals surface area contributed by atoms with Gasteiger partial charge in [0.05, 0.1) is 17.9 Å².